The highest BCUT2D eigenvalue weighted by Gasteiger charge is 2.24. The highest BCUT2D eigenvalue weighted by atomic mass is 35.5. The largest absolute Gasteiger partial charge is 0.480 e. The summed E-state index contributed by atoms with van der Waals surface area (Å²) in [6.07, 6.45) is 1.63. The maximum Gasteiger partial charge on any atom is 0.341 e. The molecular formula is C18H11Cl3N2O4S. The Morgan fingerprint density at radius 3 is 2.71 bits per heavy atom. The molecule has 1 aliphatic rings. The van der Waals surface area contributed by atoms with Crippen molar-refractivity contribution in [2.75, 3.05) is 6.61 Å². The number of amides is 1. The second-order valence-corrected chi connectivity index (χ2v) is 7.65. The van der Waals surface area contributed by atoms with Crippen LogP contribution in [-0.2, 0) is 9.59 Å². The number of amidine groups is 1. The maximum absolute atomic E-state index is 12.2. The Kier molecular flexibility index (Phi) is 6.51. The fourth-order valence-corrected chi connectivity index (χ4v) is 3.60. The normalized spacial score (nSPS) is 16.5. The van der Waals surface area contributed by atoms with Gasteiger partial charge in [-0.3, -0.25) is 4.79 Å². The molecule has 0 aliphatic carbocycles. The summed E-state index contributed by atoms with van der Waals surface area (Å²) in [6.45, 7) is -0.496. The van der Waals surface area contributed by atoms with E-state index < -0.39 is 12.6 Å². The highest BCUT2D eigenvalue weighted by Crippen LogP contribution is 2.35. The molecule has 1 amide bonds. The molecule has 2 aromatic rings. The molecule has 6 nitrogen and oxygen atoms in total. The van der Waals surface area contributed by atoms with Gasteiger partial charge in [-0.05, 0) is 47.7 Å². The summed E-state index contributed by atoms with van der Waals surface area (Å²) < 4.78 is 5.07. The van der Waals surface area contributed by atoms with Crippen molar-refractivity contribution >= 4 is 75.4 Å². The zero-order valence-electron chi connectivity index (χ0n) is 13.9. The van der Waals surface area contributed by atoms with E-state index in [9.17, 15) is 9.59 Å². The summed E-state index contributed by atoms with van der Waals surface area (Å²) in [5.74, 6) is -1.18. The molecule has 0 bridgehead atoms. The van der Waals surface area contributed by atoms with Crippen LogP contribution in [0.25, 0.3) is 6.08 Å². The molecule has 3 rings (SSSR count). The topological polar surface area (TPSA) is 88.0 Å². The van der Waals surface area contributed by atoms with Gasteiger partial charge in [0, 0.05) is 0 Å². The van der Waals surface area contributed by atoms with Gasteiger partial charge in [0.2, 0.25) is 0 Å². The Morgan fingerprint density at radius 2 is 2.00 bits per heavy atom. The Labute approximate surface area is 179 Å². The second kappa shape index (κ2) is 8.87. The van der Waals surface area contributed by atoms with Crippen molar-refractivity contribution < 1.29 is 19.4 Å². The van der Waals surface area contributed by atoms with Crippen LogP contribution in [0.4, 0.5) is 5.69 Å². The standard InChI is InChI=1S/C18H11Cl3N2O4S/c19-10-2-1-3-12(16(10)21)22-18-23-17(26)14(28-18)7-9-4-5-13(11(20)6-9)27-8-15(24)25/h1-7H,8H2,(H,24,25)(H,22,23,26)/b14-7-. The molecule has 0 saturated carbocycles. The van der Waals surface area contributed by atoms with Gasteiger partial charge >= 0.3 is 5.97 Å². The first-order chi connectivity index (χ1) is 13.3. The van der Waals surface area contributed by atoms with Crippen molar-refractivity contribution in [2.24, 2.45) is 4.99 Å². The first kappa shape index (κ1) is 20.5. The van der Waals surface area contributed by atoms with Gasteiger partial charge < -0.3 is 15.2 Å². The molecule has 10 heteroatoms. The first-order valence-electron chi connectivity index (χ1n) is 7.71. The fourth-order valence-electron chi connectivity index (χ4n) is 2.18. The van der Waals surface area contributed by atoms with Gasteiger partial charge in [-0.1, -0.05) is 46.9 Å². The van der Waals surface area contributed by atoms with Gasteiger partial charge in [0.1, 0.15) is 5.75 Å². The second-order valence-electron chi connectivity index (χ2n) is 5.43. The minimum atomic E-state index is -1.10. The number of rotatable bonds is 5. The van der Waals surface area contributed by atoms with Crippen molar-refractivity contribution in [1.82, 2.24) is 5.32 Å². The van der Waals surface area contributed by atoms with E-state index in [0.29, 0.717) is 31.4 Å². The van der Waals surface area contributed by atoms with Gasteiger partial charge in [0.05, 0.1) is 25.7 Å². The van der Waals surface area contributed by atoms with Crippen molar-refractivity contribution in [3.63, 3.8) is 0 Å². The number of hydrogen-bond donors (Lipinski definition) is 2. The van der Waals surface area contributed by atoms with E-state index in [1.807, 2.05) is 0 Å². The van der Waals surface area contributed by atoms with Crippen molar-refractivity contribution in [1.29, 1.82) is 0 Å². The van der Waals surface area contributed by atoms with Crippen molar-refractivity contribution in [2.45, 2.75) is 0 Å². The summed E-state index contributed by atoms with van der Waals surface area (Å²) >= 11 is 19.3. The van der Waals surface area contributed by atoms with Crippen LogP contribution in [0.3, 0.4) is 0 Å². The Balaban J connectivity index is 1.79. The van der Waals surface area contributed by atoms with E-state index in [4.69, 9.17) is 44.6 Å². The predicted octanol–water partition coefficient (Wildman–Crippen LogP) is 5.00. The van der Waals surface area contributed by atoms with Crippen molar-refractivity contribution in [3.8, 4) is 5.75 Å². The van der Waals surface area contributed by atoms with Gasteiger partial charge in [0.25, 0.3) is 5.91 Å². The summed E-state index contributed by atoms with van der Waals surface area (Å²) in [4.78, 5) is 27.5. The Bertz CT molecular complexity index is 1020. The number of carboxylic acid groups (broad SMARTS) is 1. The van der Waals surface area contributed by atoms with E-state index in [2.05, 4.69) is 10.3 Å². The summed E-state index contributed by atoms with van der Waals surface area (Å²) in [7, 11) is 0. The van der Waals surface area contributed by atoms with Crippen LogP contribution in [0, 0.1) is 0 Å². The number of carbonyl (C=O) groups excluding carboxylic acids is 1. The molecule has 0 spiro atoms. The third-order valence-corrected chi connectivity index (χ3v) is 5.42. The number of ether oxygens (including phenoxy) is 1. The van der Waals surface area contributed by atoms with Crippen LogP contribution in [0.15, 0.2) is 46.3 Å². The van der Waals surface area contributed by atoms with E-state index in [0.717, 1.165) is 11.8 Å². The van der Waals surface area contributed by atoms with E-state index in [1.165, 1.54) is 6.07 Å². The fraction of sp³-hybridized carbons (Fsp3) is 0.0556. The summed E-state index contributed by atoms with van der Waals surface area (Å²) in [6, 6.07) is 9.81. The quantitative estimate of drug-likeness (QED) is 0.617. The Morgan fingerprint density at radius 1 is 1.21 bits per heavy atom. The predicted molar refractivity (Wildman–Crippen MR) is 112 cm³/mol. The molecule has 0 radical (unpaired) electrons. The minimum absolute atomic E-state index is 0.235. The molecule has 1 fully saturated rings. The molecule has 1 heterocycles. The molecule has 0 atom stereocenters. The number of aliphatic imine (C=N–C) groups is 1. The number of carboxylic acids is 1. The number of hydrogen-bond acceptors (Lipinski definition) is 5. The number of nitrogens with zero attached hydrogens (tertiary/aromatic N) is 1. The monoisotopic (exact) mass is 456 g/mol. The number of carbonyl (C=O) groups is 2. The minimum Gasteiger partial charge on any atom is -0.480 e. The lowest BCUT2D eigenvalue weighted by Crippen LogP contribution is -2.19. The molecule has 144 valence electrons. The SMILES string of the molecule is O=C(O)COc1ccc(/C=C2\SC(=Nc3cccc(Cl)c3Cl)NC2=O)cc1Cl. The molecule has 1 aliphatic heterocycles. The van der Waals surface area contributed by atoms with Gasteiger partial charge in [-0.2, -0.15) is 0 Å². The molecular weight excluding hydrogens is 447 g/mol. The highest BCUT2D eigenvalue weighted by molar-refractivity contribution is 8.18. The van der Waals surface area contributed by atoms with Gasteiger partial charge in [-0.15, -0.1) is 0 Å². The number of thioether (sulfide) groups is 1. The molecule has 28 heavy (non-hydrogen) atoms. The smallest absolute Gasteiger partial charge is 0.341 e. The lowest BCUT2D eigenvalue weighted by atomic mass is 10.2. The lowest BCUT2D eigenvalue weighted by Gasteiger charge is -2.06. The number of nitrogens with one attached hydrogen (secondary N) is 1. The number of halogens is 3. The first-order valence-corrected chi connectivity index (χ1v) is 9.66. The average Bonchev–Trinajstić information content (AvgIpc) is 2.97. The van der Waals surface area contributed by atoms with Crippen LogP contribution in [-0.4, -0.2) is 28.8 Å². The van der Waals surface area contributed by atoms with E-state index >= 15 is 0 Å². The number of benzene rings is 2. The molecule has 0 aromatic heterocycles. The van der Waals surface area contributed by atoms with Crippen LogP contribution in [0.5, 0.6) is 5.75 Å². The molecule has 0 unspecified atom stereocenters. The maximum atomic E-state index is 12.2. The van der Waals surface area contributed by atoms with Crippen LogP contribution >= 0.6 is 46.6 Å². The van der Waals surface area contributed by atoms with E-state index in [1.54, 1.807) is 36.4 Å². The number of aliphatic carboxylic acids is 1. The average molecular weight is 458 g/mol. The van der Waals surface area contributed by atoms with Crippen LogP contribution < -0.4 is 10.1 Å². The zero-order chi connectivity index (χ0) is 20.3. The van der Waals surface area contributed by atoms with E-state index in [-0.39, 0.29) is 16.7 Å². The third-order valence-electron chi connectivity index (χ3n) is 3.41. The van der Waals surface area contributed by atoms with Crippen molar-refractivity contribution in [3.05, 3.63) is 61.9 Å². The summed E-state index contributed by atoms with van der Waals surface area (Å²) in [5, 5.41) is 12.6. The molecule has 1 saturated heterocycles. The van der Waals surface area contributed by atoms with Gasteiger partial charge in [-0.25, -0.2) is 9.79 Å². The van der Waals surface area contributed by atoms with Gasteiger partial charge in [0.15, 0.2) is 11.8 Å². The third kappa shape index (κ3) is 4.99. The van der Waals surface area contributed by atoms with Crippen LogP contribution in [0.1, 0.15) is 5.56 Å². The zero-order valence-corrected chi connectivity index (χ0v) is 17.0. The Hall–Kier alpha value is -2.19. The van der Waals surface area contributed by atoms with Crippen LogP contribution in [0.2, 0.25) is 15.1 Å². The summed E-state index contributed by atoms with van der Waals surface area (Å²) in [5.41, 5.74) is 1.09. The molecule has 2 N–H and O–H groups in total. The lowest BCUT2D eigenvalue weighted by molar-refractivity contribution is -0.139. The molecule has 2 aromatic carbocycles.